The molecule has 0 saturated carbocycles. The lowest BCUT2D eigenvalue weighted by molar-refractivity contribution is -0.116. The van der Waals surface area contributed by atoms with Gasteiger partial charge in [-0.3, -0.25) is 4.79 Å². The van der Waals surface area contributed by atoms with Crippen molar-refractivity contribution >= 4 is 22.6 Å². The van der Waals surface area contributed by atoms with E-state index in [1.165, 1.54) is 0 Å². The highest BCUT2D eigenvalue weighted by atomic mass is 16.5. The summed E-state index contributed by atoms with van der Waals surface area (Å²) in [5, 5.41) is 2.91. The van der Waals surface area contributed by atoms with E-state index in [1.807, 2.05) is 66.9 Å². The first-order valence-electron chi connectivity index (χ1n) is 7.62. The van der Waals surface area contributed by atoms with E-state index in [2.05, 4.69) is 10.3 Å². The van der Waals surface area contributed by atoms with Gasteiger partial charge in [-0.05, 0) is 38.1 Å². The largest absolute Gasteiger partial charge is 0.492 e. The molecule has 23 heavy (non-hydrogen) atoms. The lowest BCUT2D eigenvalue weighted by Crippen LogP contribution is -2.20. The van der Waals surface area contributed by atoms with E-state index in [9.17, 15) is 4.79 Å². The molecule has 0 atom stereocenters. The topological polar surface area (TPSA) is 56.1 Å². The number of anilines is 1. The molecule has 0 bridgehead atoms. The molecule has 0 unspecified atom stereocenters. The smallest absolute Gasteiger partial charge is 0.244 e. The average Bonchev–Trinajstić information content (AvgIpc) is 2.85. The summed E-state index contributed by atoms with van der Waals surface area (Å²) in [6.45, 7) is 4.59. The van der Waals surface area contributed by atoms with E-state index in [-0.39, 0.29) is 12.5 Å². The second-order valence-corrected chi connectivity index (χ2v) is 5.21. The maximum absolute atomic E-state index is 12.4. The van der Waals surface area contributed by atoms with Crippen molar-refractivity contribution < 1.29 is 9.53 Å². The van der Waals surface area contributed by atoms with Crippen LogP contribution in [0.25, 0.3) is 11.0 Å². The van der Waals surface area contributed by atoms with Crippen molar-refractivity contribution in [2.45, 2.75) is 20.4 Å². The van der Waals surface area contributed by atoms with E-state index < -0.39 is 0 Å². The number of benzene rings is 2. The molecule has 5 nitrogen and oxygen atoms in total. The molecule has 1 N–H and O–H groups in total. The number of imidazole rings is 1. The van der Waals surface area contributed by atoms with Gasteiger partial charge in [-0.2, -0.15) is 0 Å². The second kappa shape index (κ2) is 6.52. The number of para-hydroxylation sites is 4. The van der Waals surface area contributed by atoms with Gasteiger partial charge in [0.1, 0.15) is 18.1 Å². The van der Waals surface area contributed by atoms with Crippen LogP contribution in [0.3, 0.4) is 0 Å². The maximum Gasteiger partial charge on any atom is 0.244 e. The summed E-state index contributed by atoms with van der Waals surface area (Å²) in [5.41, 5.74) is 2.53. The van der Waals surface area contributed by atoms with Gasteiger partial charge < -0.3 is 14.6 Å². The summed E-state index contributed by atoms with van der Waals surface area (Å²) in [6, 6.07) is 15.2. The van der Waals surface area contributed by atoms with Gasteiger partial charge >= 0.3 is 0 Å². The maximum atomic E-state index is 12.4. The molecule has 0 fully saturated rings. The van der Waals surface area contributed by atoms with Crippen molar-refractivity contribution in [1.82, 2.24) is 9.55 Å². The molecule has 1 aromatic heterocycles. The molecule has 0 radical (unpaired) electrons. The molecule has 0 spiro atoms. The van der Waals surface area contributed by atoms with E-state index in [0.29, 0.717) is 18.0 Å². The summed E-state index contributed by atoms with van der Waals surface area (Å²) in [5.74, 6) is 1.39. The molecule has 118 valence electrons. The molecule has 1 heterocycles. The van der Waals surface area contributed by atoms with Crippen molar-refractivity contribution in [3.63, 3.8) is 0 Å². The third kappa shape index (κ3) is 3.18. The molecule has 2 aromatic carbocycles. The van der Waals surface area contributed by atoms with E-state index in [0.717, 1.165) is 16.9 Å². The predicted octanol–water partition coefficient (Wildman–Crippen LogP) is 3.38. The normalized spacial score (nSPS) is 10.7. The summed E-state index contributed by atoms with van der Waals surface area (Å²) in [6.07, 6.45) is 0. The minimum absolute atomic E-state index is 0.108. The van der Waals surface area contributed by atoms with E-state index in [4.69, 9.17) is 4.74 Å². The number of ether oxygens (including phenoxy) is 1. The fourth-order valence-electron chi connectivity index (χ4n) is 2.58. The Bertz CT molecular complexity index is 839. The van der Waals surface area contributed by atoms with Gasteiger partial charge in [-0.25, -0.2) is 4.98 Å². The van der Waals surface area contributed by atoms with Crippen LogP contribution in [0.2, 0.25) is 0 Å². The van der Waals surface area contributed by atoms with Crippen LogP contribution >= 0.6 is 0 Å². The van der Waals surface area contributed by atoms with Crippen molar-refractivity contribution in [3.05, 3.63) is 54.4 Å². The fraction of sp³-hybridized carbons (Fsp3) is 0.222. The number of carbonyl (C=O) groups excluding carboxylic acids is 1. The average molecular weight is 309 g/mol. The highest BCUT2D eigenvalue weighted by Crippen LogP contribution is 2.24. The molecular formula is C18H19N3O2. The number of hydrogen-bond donors (Lipinski definition) is 1. The number of amides is 1. The Hall–Kier alpha value is -2.82. The Morgan fingerprint density at radius 3 is 2.74 bits per heavy atom. The van der Waals surface area contributed by atoms with Gasteiger partial charge in [0.2, 0.25) is 5.91 Å². The van der Waals surface area contributed by atoms with Gasteiger partial charge in [0.05, 0.1) is 23.3 Å². The molecule has 0 aliphatic carbocycles. The highest BCUT2D eigenvalue weighted by molar-refractivity contribution is 5.93. The monoisotopic (exact) mass is 309 g/mol. The van der Waals surface area contributed by atoms with Crippen molar-refractivity contribution in [2.24, 2.45) is 0 Å². The molecule has 0 aliphatic rings. The number of fused-ring (bicyclic) bond motifs is 1. The molecule has 3 aromatic rings. The summed E-state index contributed by atoms with van der Waals surface area (Å²) in [4.78, 5) is 16.9. The number of nitrogens with one attached hydrogen (secondary N) is 1. The van der Waals surface area contributed by atoms with Gasteiger partial charge in [-0.15, -0.1) is 0 Å². The van der Waals surface area contributed by atoms with Gasteiger partial charge in [0.25, 0.3) is 0 Å². The quantitative estimate of drug-likeness (QED) is 0.786. The first kappa shape index (κ1) is 15.1. The summed E-state index contributed by atoms with van der Waals surface area (Å²) >= 11 is 0. The Morgan fingerprint density at radius 2 is 1.91 bits per heavy atom. The van der Waals surface area contributed by atoms with Crippen LogP contribution in [0, 0.1) is 6.92 Å². The lowest BCUT2D eigenvalue weighted by atomic mass is 10.3. The zero-order valence-corrected chi connectivity index (χ0v) is 13.2. The number of carbonyl (C=O) groups is 1. The van der Waals surface area contributed by atoms with E-state index in [1.54, 1.807) is 0 Å². The highest BCUT2D eigenvalue weighted by Gasteiger charge is 2.12. The standard InChI is InChI=1S/C18H19N3O2/c1-3-23-17-11-7-5-9-15(17)20-18(22)12-21-13(2)19-14-8-4-6-10-16(14)21/h4-11H,3,12H2,1-2H3,(H,20,22). The number of rotatable bonds is 5. The zero-order chi connectivity index (χ0) is 16.2. The SMILES string of the molecule is CCOc1ccccc1NC(=O)Cn1c(C)nc2ccccc21. The Kier molecular flexibility index (Phi) is 4.28. The molecule has 0 saturated heterocycles. The van der Waals surface area contributed by atoms with Crippen LogP contribution in [-0.4, -0.2) is 22.1 Å². The first-order chi connectivity index (χ1) is 11.2. The van der Waals surface area contributed by atoms with Crippen LogP contribution in [0.15, 0.2) is 48.5 Å². The summed E-state index contributed by atoms with van der Waals surface area (Å²) in [7, 11) is 0. The molecule has 1 amide bonds. The minimum Gasteiger partial charge on any atom is -0.492 e. The second-order valence-electron chi connectivity index (χ2n) is 5.21. The molecular weight excluding hydrogens is 290 g/mol. The predicted molar refractivity (Wildman–Crippen MR) is 90.7 cm³/mol. The third-order valence-corrected chi connectivity index (χ3v) is 3.61. The van der Waals surface area contributed by atoms with Crippen LogP contribution in [-0.2, 0) is 11.3 Å². The van der Waals surface area contributed by atoms with Gasteiger partial charge in [-0.1, -0.05) is 24.3 Å². The van der Waals surface area contributed by atoms with Crippen LogP contribution < -0.4 is 10.1 Å². The Balaban J connectivity index is 1.81. The van der Waals surface area contributed by atoms with Gasteiger partial charge in [0.15, 0.2) is 0 Å². The Labute approximate surface area is 134 Å². The minimum atomic E-state index is -0.108. The number of aryl methyl sites for hydroxylation is 1. The van der Waals surface area contributed by atoms with Crippen molar-refractivity contribution in [2.75, 3.05) is 11.9 Å². The molecule has 0 aliphatic heterocycles. The van der Waals surface area contributed by atoms with Crippen molar-refractivity contribution in [1.29, 1.82) is 0 Å². The lowest BCUT2D eigenvalue weighted by Gasteiger charge is -2.12. The van der Waals surface area contributed by atoms with Crippen LogP contribution in [0.5, 0.6) is 5.75 Å². The van der Waals surface area contributed by atoms with Crippen molar-refractivity contribution in [3.8, 4) is 5.75 Å². The third-order valence-electron chi connectivity index (χ3n) is 3.61. The Morgan fingerprint density at radius 1 is 1.17 bits per heavy atom. The van der Waals surface area contributed by atoms with Crippen LogP contribution in [0.1, 0.15) is 12.7 Å². The van der Waals surface area contributed by atoms with E-state index >= 15 is 0 Å². The first-order valence-corrected chi connectivity index (χ1v) is 7.62. The summed E-state index contributed by atoms with van der Waals surface area (Å²) < 4.78 is 7.44. The number of aromatic nitrogens is 2. The van der Waals surface area contributed by atoms with Gasteiger partial charge in [0, 0.05) is 0 Å². The fourth-order valence-corrected chi connectivity index (χ4v) is 2.58. The zero-order valence-electron chi connectivity index (χ0n) is 13.2. The molecule has 3 rings (SSSR count). The van der Waals surface area contributed by atoms with Crippen LogP contribution in [0.4, 0.5) is 5.69 Å². The molecule has 5 heteroatoms. The number of nitrogens with zero attached hydrogens (tertiary/aromatic N) is 2. The number of hydrogen-bond acceptors (Lipinski definition) is 3.